The number of allylic oxidation sites excluding steroid dienone is 1. The Morgan fingerprint density at radius 3 is 1.92 bits per heavy atom. The van der Waals surface area contributed by atoms with Gasteiger partial charge in [-0.1, -0.05) is 65.0 Å². The Morgan fingerprint density at radius 2 is 1.67 bits per heavy atom. The van der Waals surface area contributed by atoms with E-state index in [2.05, 4.69) is 29.1 Å². The van der Waals surface area contributed by atoms with Crippen molar-refractivity contribution in [3.8, 4) is 0 Å². The van der Waals surface area contributed by atoms with Crippen molar-refractivity contribution in [2.24, 2.45) is 0 Å². The zero-order chi connectivity index (χ0) is 9.23. The highest BCUT2D eigenvalue weighted by molar-refractivity contribution is 9.09. The summed E-state index contributed by atoms with van der Waals surface area (Å²) in [5.74, 6) is 0. The van der Waals surface area contributed by atoms with Gasteiger partial charge in [-0.2, -0.15) is 0 Å². The highest BCUT2D eigenvalue weighted by atomic mass is 79.9. The molecule has 64 valence electrons. The van der Waals surface area contributed by atoms with E-state index in [9.17, 15) is 0 Å². The van der Waals surface area contributed by atoms with Crippen LogP contribution in [-0.2, 0) is 0 Å². The summed E-state index contributed by atoms with van der Waals surface area (Å²) in [4.78, 5) is 0. The maximum Gasteiger partial charge on any atom is 0.0209 e. The van der Waals surface area contributed by atoms with E-state index in [-0.39, 0.29) is 0 Å². The first-order chi connectivity index (χ1) is 5.85. The average Bonchev–Trinajstić information content (AvgIpc) is 2.19. The first-order valence-corrected chi connectivity index (χ1v) is 4.81. The predicted molar refractivity (Wildman–Crippen MR) is 60.5 cm³/mol. The minimum absolute atomic E-state index is 0.896. The minimum atomic E-state index is 0.896. The number of hydrogen-bond donors (Lipinski definition) is 0. The molecule has 0 heterocycles. The molecule has 1 heteroatoms. The van der Waals surface area contributed by atoms with E-state index in [1.807, 2.05) is 36.4 Å². The Bertz CT molecular complexity index is 214. The molecule has 0 fully saturated rings. The topological polar surface area (TPSA) is 0 Å². The zero-order valence-corrected chi connectivity index (χ0v) is 8.63. The fourth-order valence-corrected chi connectivity index (χ4v) is 0.589. The van der Waals surface area contributed by atoms with Gasteiger partial charge in [0.2, 0.25) is 0 Å². The first kappa shape index (κ1) is 11.2. The maximum atomic E-state index is 3.63. The number of halogens is 1. The summed E-state index contributed by atoms with van der Waals surface area (Å²) in [5.41, 5.74) is 1.17. The Balaban J connectivity index is 0.000000261. The number of benzene rings is 1. The normalized spacial score (nSPS) is 7.75. The molecule has 0 nitrogen and oxygen atoms in total. The van der Waals surface area contributed by atoms with Crippen molar-refractivity contribution < 1.29 is 0 Å². The molecule has 0 spiro atoms. The molecule has 0 radical (unpaired) electrons. The Morgan fingerprint density at radius 1 is 1.17 bits per heavy atom. The summed E-state index contributed by atoms with van der Waals surface area (Å²) in [5, 5.41) is 0.896. The van der Waals surface area contributed by atoms with Crippen LogP contribution in [0.15, 0.2) is 49.6 Å². The molecule has 0 aliphatic rings. The van der Waals surface area contributed by atoms with Gasteiger partial charge in [0.15, 0.2) is 0 Å². The summed E-state index contributed by atoms with van der Waals surface area (Å²) in [6.45, 7) is 7.06. The van der Waals surface area contributed by atoms with Gasteiger partial charge in [0.25, 0.3) is 0 Å². The van der Waals surface area contributed by atoms with Gasteiger partial charge in [-0.3, -0.25) is 0 Å². The smallest absolute Gasteiger partial charge is 0.0209 e. The summed E-state index contributed by atoms with van der Waals surface area (Å²) < 4.78 is 0. The molecule has 12 heavy (non-hydrogen) atoms. The molecule has 0 amide bonds. The third kappa shape index (κ3) is 5.93. The lowest BCUT2D eigenvalue weighted by molar-refractivity contribution is 1.67. The van der Waals surface area contributed by atoms with E-state index >= 15 is 0 Å². The van der Waals surface area contributed by atoms with E-state index < -0.39 is 0 Å². The molecular formula is C11H13Br. The van der Waals surface area contributed by atoms with Gasteiger partial charge in [0, 0.05) is 5.33 Å². The summed E-state index contributed by atoms with van der Waals surface area (Å²) >= 11 is 3.13. The molecule has 0 aliphatic heterocycles. The molecule has 0 aliphatic carbocycles. The van der Waals surface area contributed by atoms with E-state index in [1.165, 1.54) is 5.56 Å². The van der Waals surface area contributed by atoms with Crippen LogP contribution in [0.5, 0.6) is 0 Å². The van der Waals surface area contributed by atoms with E-state index in [4.69, 9.17) is 0 Å². The maximum absolute atomic E-state index is 3.63. The summed E-state index contributed by atoms with van der Waals surface area (Å²) in [6.07, 6.45) is 3.62. The van der Waals surface area contributed by atoms with Crippen LogP contribution in [0.3, 0.4) is 0 Å². The van der Waals surface area contributed by atoms with Crippen LogP contribution in [0.25, 0.3) is 6.08 Å². The van der Waals surface area contributed by atoms with Crippen LogP contribution in [0.4, 0.5) is 0 Å². The molecule has 0 saturated heterocycles. The fraction of sp³-hybridized carbons (Fsp3) is 0.0909. The molecule has 0 N–H and O–H groups in total. The molecule has 0 aromatic heterocycles. The highest BCUT2D eigenvalue weighted by Crippen LogP contribution is 1.97. The highest BCUT2D eigenvalue weighted by Gasteiger charge is 1.75. The number of hydrogen-bond acceptors (Lipinski definition) is 0. The van der Waals surface area contributed by atoms with Crippen molar-refractivity contribution in [3.05, 3.63) is 55.1 Å². The minimum Gasteiger partial charge on any atom is -0.102 e. The van der Waals surface area contributed by atoms with Gasteiger partial charge in [-0.15, -0.1) is 6.58 Å². The lowest BCUT2D eigenvalue weighted by Gasteiger charge is -1.85. The van der Waals surface area contributed by atoms with Gasteiger partial charge < -0.3 is 0 Å². The zero-order valence-electron chi connectivity index (χ0n) is 7.04. The van der Waals surface area contributed by atoms with E-state index in [1.54, 1.807) is 6.08 Å². The second kappa shape index (κ2) is 8.28. The van der Waals surface area contributed by atoms with Crippen LogP contribution in [-0.4, -0.2) is 5.33 Å². The van der Waals surface area contributed by atoms with Crippen LogP contribution in [0.1, 0.15) is 5.56 Å². The van der Waals surface area contributed by atoms with Gasteiger partial charge in [-0.25, -0.2) is 0 Å². The van der Waals surface area contributed by atoms with Gasteiger partial charge >= 0.3 is 0 Å². The van der Waals surface area contributed by atoms with Crippen molar-refractivity contribution in [1.82, 2.24) is 0 Å². The summed E-state index contributed by atoms with van der Waals surface area (Å²) in [7, 11) is 0. The van der Waals surface area contributed by atoms with Gasteiger partial charge in [0.05, 0.1) is 0 Å². The van der Waals surface area contributed by atoms with Crippen LogP contribution in [0, 0.1) is 0 Å². The quantitative estimate of drug-likeness (QED) is 0.529. The molecule has 1 aromatic rings. The van der Waals surface area contributed by atoms with Crippen molar-refractivity contribution in [3.63, 3.8) is 0 Å². The van der Waals surface area contributed by atoms with Crippen molar-refractivity contribution >= 4 is 22.0 Å². The standard InChI is InChI=1S/C8H8.C3H5Br/c1-2-8-6-4-3-5-7-8;1-2-3-4/h2-7H,1H2;2H,1,3H2. The Hall–Kier alpha value is -0.820. The first-order valence-electron chi connectivity index (χ1n) is 3.69. The average molecular weight is 225 g/mol. The molecule has 0 saturated carbocycles. The summed E-state index contributed by atoms with van der Waals surface area (Å²) in [6, 6.07) is 10.0. The largest absolute Gasteiger partial charge is 0.102 e. The third-order valence-electron chi connectivity index (χ3n) is 1.14. The molecule has 0 bridgehead atoms. The van der Waals surface area contributed by atoms with Gasteiger partial charge in [0.1, 0.15) is 0 Å². The molecule has 0 atom stereocenters. The lowest BCUT2D eigenvalue weighted by Crippen LogP contribution is -1.63. The molecule has 1 aromatic carbocycles. The third-order valence-corrected chi connectivity index (χ3v) is 1.60. The lowest BCUT2D eigenvalue weighted by atomic mass is 10.2. The van der Waals surface area contributed by atoms with Crippen LogP contribution >= 0.6 is 15.9 Å². The molecule has 0 unspecified atom stereocenters. The van der Waals surface area contributed by atoms with Crippen LogP contribution in [0.2, 0.25) is 0 Å². The molecule has 1 rings (SSSR count). The van der Waals surface area contributed by atoms with Gasteiger partial charge in [-0.05, 0) is 5.56 Å². The Labute approximate surface area is 82.8 Å². The Kier molecular flexibility index (Phi) is 7.71. The van der Waals surface area contributed by atoms with Crippen molar-refractivity contribution in [1.29, 1.82) is 0 Å². The van der Waals surface area contributed by atoms with Crippen molar-refractivity contribution in [2.45, 2.75) is 0 Å². The second-order valence-corrected chi connectivity index (χ2v) is 2.71. The predicted octanol–water partition coefficient (Wildman–Crippen LogP) is 3.90. The monoisotopic (exact) mass is 224 g/mol. The second-order valence-electron chi connectivity index (χ2n) is 2.06. The molecular weight excluding hydrogens is 212 g/mol. The number of rotatable bonds is 2. The van der Waals surface area contributed by atoms with E-state index in [0.29, 0.717) is 0 Å². The van der Waals surface area contributed by atoms with Crippen LogP contribution < -0.4 is 0 Å². The fourth-order valence-electron chi connectivity index (χ4n) is 0.589. The SMILES string of the molecule is C=CCBr.C=Cc1ccccc1. The number of alkyl halides is 1. The van der Waals surface area contributed by atoms with Crippen molar-refractivity contribution in [2.75, 3.05) is 5.33 Å². The van der Waals surface area contributed by atoms with E-state index in [0.717, 1.165) is 5.33 Å².